The van der Waals surface area contributed by atoms with Crippen LogP contribution in [0.25, 0.3) is 16.7 Å². The second-order valence-electron chi connectivity index (χ2n) is 6.54. The average Bonchev–Trinajstić information content (AvgIpc) is 3.07. The number of nitrogens with zero attached hydrogens (tertiary/aromatic N) is 3. The number of nitrogens with one attached hydrogen (secondary N) is 1. The SMILES string of the molecule is Cc1ccccc1C1C=C(c2cccnc2)Nc2nc3ccccc3n21. The highest BCUT2D eigenvalue weighted by molar-refractivity contribution is 5.85. The molecule has 126 valence electrons. The number of hydrogen-bond acceptors (Lipinski definition) is 3. The number of rotatable bonds is 2. The minimum absolute atomic E-state index is 0.0788. The Morgan fingerprint density at radius 3 is 2.65 bits per heavy atom. The highest BCUT2D eigenvalue weighted by Crippen LogP contribution is 2.37. The molecule has 1 aliphatic heterocycles. The van der Waals surface area contributed by atoms with E-state index >= 15 is 0 Å². The second-order valence-corrected chi connectivity index (χ2v) is 6.54. The van der Waals surface area contributed by atoms with Crippen molar-refractivity contribution in [2.45, 2.75) is 13.0 Å². The van der Waals surface area contributed by atoms with E-state index in [1.54, 1.807) is 6.20 Å². The molecule has 4 heteroatoms. The molecule has 0 fully saturated rings. The van der Waals surface area contributed by atoms with Crippen LogP contribution in [0, 0.1) is 6.92 Å². The summed E-state index contributed by atoms with van der Waals surface area (Å²) in [4.78, 5) is 9.09. The van der Waals surface area contributed by atoms with Crippen LogP contribution in [0.2, 0.25) is 0 Å². The highest BCUT2D eigenvalue weighted by Gasteiger charge is 2.26. The van der Waals surface area contributed by atoms with Gasteiger partial charge in [-0.15, -0.1) is 0 Å². The van der Waals surface area contributed by atoms with Gasteiger partial charge in [0.1, 0.15) is 0 Å². The number of allylic oxidation sites excluding steroid dienone is 1. The van der Waals surface area contributed by atoms with Crippen LogP contribution in [0.3, 0.4) is 0 Å². The molecule has 26 heavy (non-hydrogen) atoms. The summed E-state index contributed by atoms with van der Waals surface area (Å²) in [6.07, 6.45) is 5.94. The maximum atomic E-state index is 4.83. The van der Waals surface area contributed by atoms with E-state index < -0.39 is 0 Å². The maximum absolute atomic E-state index is 4.83. The summed E-state index contributed by atoms with van der Waals surface area (Å²) in [6, 6.07) is 20.9. The fraction of sp³-hybridized carbons (Fsp3) is 0.0909. The lowest BCUT2D eigenvalue weighted by Gasteiger charge is -2.27. The molecule has 5 rings (SSSR count). The average molecular weight is 338 g/mol. The Labute approximate surface area is 151 Å². The third-order valence-corrected chi connectivity index (χ3v) is 4.92. The first kappa shape index (κ1) is 14.9. The summed E-state index contributed by atoms with van der Waals surface area (Å²) in [7, 11) is 0. The van der Waals surface area contributed by atoms with Crippen LogP contribution >= 0.6 is 0 Å². The number of benzene rings is 2. The first-order valence-electron chi connectivity index (χ1n) is 8.73. The van der Waals surface area contributed by atoms with Crippen LogP contribution in [0.15, 0.2) is 79.1 Å². The number of fused-ring (bicyclic) bond motifs is 3. The molecular formula is C22H18N4. The van der Waals surface area contributed by atoms with Crippen LogP contribution in [0.5, 0.6) is 0 Å². The topological polar surface area (TPSA) is 42.7 Å². The lowest BCUT2D eigenvalue weighted by Crippen LogP contribution is -2.19. The van der Waals surface area contributed by atoms with Gasteiger partial charge in [-0.3, -0.25) is 9.55 Å². The van der Waals surface area contributed by atoms with Gasteiger partial charge in [0, 0.05) is 23.7 Å². The van der Waals surface area contributed by atoms with E-state index in [9.17, 15) is 0 Å². The third kappa shape index (κ3) is 2.30. The lowest BCUT2D eigenvalue weighted by atomic mass is 9.97. The zero-order chi connectivity index (χ0) is 17.5. The van der Waals surface area contributed by atoms with Crippen molar-refractivity contribution in [3.8, 4) is 0 Å². The fourth-order valence-corrected chi connectivity index (χ4v) is 3.65. The second kappa shape index (κ2) is 5.85. The molecule has 2 aromatic heterocycles. The Morgan fingerprint density at radius 2 is 1.81 bits per heavy atom. The van der Waals surface area contributed by atoms with E-state index in [1.807, 2.05) is 18.3 Å². The Kier molecular flexibility index (Phi) is 3.35. The van der Waals surface area contributed by atoms with Gasteiger partial charge in [-0.25, -0.2) is 4.98 Å². The van der Waals surface area contributed by atoms with Crippen molar-refractivity contribution in [3.63, 3.8) is 0 Å². The molecule has 0 bridgehead atoms. The van der Waals surface area contributed by atoms with Crippen LogP contribution in [-0.4, -0.2) is 14.5 Å². The minimum Gasteiger partial charge on any atom is -0.325 e. The van der Waals surface area contributed by atoms with Crippen molar-refractivity contribution in [2.75, 3.05) is 5.32 Å². The summed E-state index contributed by atoms with van der Waals surface area (Å²) >= 11 is 0. The van der Waals surface area contributed by atoms with Crippen LogP contribution in [-0.2, 0) is 0 Å². The molecule has 0 aliphatic carbocycles. The molecule has 0 saturated heterocycles. The predicted octanol–water partition coefficient (Wildman–Crippen LogP) is 4.80. The summed E-state index contributed by atoms with van der Waals surface area (Å²) in [5.74, 6) is 0.862. The summed E-state index contributed by atoms with van der Waals surface area (Å²) in [5.41, 5.74) is 6.77. The van der Waals surface area contributed by atoms with E-state index in [0.29, 0.717) is 0 Å². The van der Waals surface area contributed by atoms with Crippen molar-refractivity contribution >= 4 is 22.7 Å². The van der Waals surface area contributed by atoms with E-state index in [2.05, 4.69) is 76.4 Å². The van der Waals surface area contributed by atoms with Gasteiger partial charge in [0.25, 0.3) is 0 Å². The third-order valence-electron chi connectivity index (χ3n) is 4.92. The number of aryl methyl sites for hydroxylation is 1. The Bertz CT molecular complexity index is 1130. The Hall–Kier alpha value is -3.40. The molecule has 2 aromatic carbocycles. The zero-order valence-corrected chi connectivity index (χ0v) is 14.4. The van der Waals surface area contributed by atoms with Crippen molar-refractivity contribution in [1.82, 2.24) is 14.5 Å². The summed E-state index contributed by atoms with van der Waals surface area (Å²) < 4.78 is 2.28. The molecule has 0 spiro atoms. The molecule has 0 amide bonds. The van der Waals surface area contributed by atoms with E-state index in [4.69, 9.17) is 4.98 Å². The Morgan fingerprint density at radius 1 is 0.962 bits per heavy atom. The maximum Gasteiger partial charge on any atom is 0.209 e. The number of aromatic nitrogens is 3. The van der Waals surface area contributed by atoms with E-state index in [0.717, 1.165) is 28.2 Å². The zero-order valence-electron chi connectivity index (χ0n) is 14.4. The summed E-state index contributed by atoms with van der Waals surface area (Å²) in [6.45, 7) is 2.16. The normalized spacial score (nSPS) is 16.0. The van der Waals surface area contributed by atoms with Gasteiger partial charge in [-0.05, 0) is 48.4 Å². The smallest absolute Gasteiger partial charge is 0.209 e. The first-order valence-corrected chi connectivity index (χ1v) is 8.73. The van der Waals surface area contributed by atoms with Gasteiger partial charge < -0.3 is 5.32 Å². The monoisotopic (exact) mass is 338 g/mol. The summed E-state index contributed by atoms with van der Waals surface area (Å²) in [5, 5.41) is 3.49. The molecule has 1 N–H and O–H groups in total. The number of hydrogen-bond donors (Lipinski definition) is 1. The number of anilines is 1. The van der Waals surface area contributed by atoms with Gasteiger partial charge in [0.05, 0.1) is 17.1 Å². The van der Waals surface area contributed by atoms with E-state index in [1.165, 1.54) is 11.1 Å². The van der Waals surface area contributed by atoms with Crippen molar-refractivity contribution in [1.29, 1.82) is 0 Å². The minimum atomic E-state index is 0.0788. The van der Waals surface area contributed by atoms with Gasteiger partial charge >= 0.3 is 0 Å². The van der Waals surface area contributed by atoms with Crippen LogP contribution in [0.4, 0.5) is 5.95 Å². The largest absolute Gasteiger partial charge is 0.325 e. The Balaban J connectivity index is 1.76. The molecule has 3 heterocycles. The van der Waals surface area contributed by atoms with Gasteiger partial charge in [0.15, 0.2) is 0 Å². The fourth-order valence-electron chi connectivity index (χ4n) is 3.65. The quantitative estimate of drug-likeness (QED) is 0.571. The van der Waals surface area contributed by atoms with Crippen molar-refractivity contribution in [3.05, 3.63) is 95.8 Å². The van der Waals surface area contributed by atoms with Crippen molar-refractivity contribution in [2.24, 2.45) is 0 Å². The highest BCUT2D eigenvalue weighted by atomic mass is 15.2. The molecule has 1 atom stereocenters. The van der Waals surface area contributed by atoms with Crippen LogP contribution in [0.1, 0.15) is 22.7 Å². The predicted molar refractivity (Wildman–Crippen MR) is 105 cm³/mol. The van der Waals surface area contributed by atoms with Crippen LogP contribution < -0.4 is 5.32 Å². The molecule has 1 unspecified atom stereocenters. The standard InChI is InChI=1S/C22H18N4/c1-15-7-2-3-9-17(15)21-13-19(16-8-6-12-23-14-16)25-22-24-18-10-4-5-11-20(18)26(21)22/h2-14,21H,1H3,(H,24,25). The van der Waals surface area contributed by atoms with Gasteiger partial charge in [0.2, 0.25) is 5.95 Å². The molecule has 4 nitrogen and oxygen atoms in total. The van der Waals surface area contributed by atoms with Crippen molar-refractivity contribution < 1.29 is 0 Å². The molecular weight excluding hydrogens is 320 g/mol. The number of imidazole rings is 1. The number of pyridine rings is 1. The van der Waals surface area contributed by atoms with Gasteiger partial charge in [-0.1, -0.05) is 36.4 Å². The van der Waals surface area contributed by atoms with Gasteiger partial charge in [-0.2, -0.15) is 0 Å². The molecule has 0 radical (unpaired) electrons. The molecule has 4 aromatic rings. The first-order chi connectivity index (χ1) is 12.8. The van der Waals surface area contributed by atoms with E-state index in [-0.39, 0.29) is 6.04 Å². The number of para-hydroxylation sites is 2. The molecule has 0 saturated carbocycles. The molecule has 1 aliphatic rings. The lowest BCUT2D eigenvalue weighted by molar-refractivity contribution is 0.716.